The van der Waals surface area contributed by atoms with E-state index in [4.69, 9.17) is 16.2 Å². The van der Waals surface area contributed by atoms with Crippen LogP contribution in [0.1, 0.15) is 43.0 Å². The van der Waals surface area contributed by atoms with E-state index in [9.17, 15) is 0 Å². The summed E-state index contributed by atoms with van der Waals surface area (Å²) in [6.07, 6.45) is 5.74. The third kappa shape index (κ3) is 2.37. The van der Waals surface area contributed by atoms with E-state index in [0.29, 0.717) is 18.6 Å². The lowest BCUT2D eigenvalue weighted by Crippen LogP contribution is -2.28. The SMILES string of the molecule is Cc1nn(C2CCC2)c(N)c1CC[C@@H]1COC[C@H]1N. The second-order valence-corrected chi connectivity index (χ2v) is 5.98. The molecule has 0 amide bonds. The highest BCUT2D eigenvalue weighted by atomic mass is 16.5. The Balaban J connectivity index is 1.68. The topological polar surface area (TPSA) is 79.1 Å². The Morgan fingerprint density at radius 2 is 2.16 bits per heavy atom. The predicted octanol–water partition coefficient (Wildman–Crippen LogP) is 1.41. The second kappa shape index (κ2) is 5.13. The molecule has 5 nitrogen and oxygen atoms in total. The summed E-state index contributed by atoms with van der Waals surface area (Å²) in [5, 5.41) is 4.63. The van der Waals surface area contributed by atoms with Crippen LogP contribution in [0.5, 0.6) is 0 Å². The molecular weight excluding hydrogens is 240 g/mol. The third-order valence-electron chi connectivity index (χ3n) is 4.68. The van der Waals surface area contributed by atoms with Gasteiger partial charge in [0, 0.05) is 11.6 Å². The Kier molecular flexibility index (Phi) is 3.50. The van der Waals surface area contributed by atoms with E-state index in [-0.39, 0.29) is 6.04 Å². The van der Waals surface area contributed by atoms with Crippen LogP contribution in [-0.2, 0) is 11.2 Å². The minimum absolute atomic E-state index is 0.184. The number of rotatable bonds is 4. The summed E-state index contributed by atoms with van der Waals surface area (Å²) in [6, 6.07) is 0.715. The zero-order valence-corrected chi connectivity index (χ0v) is 11.6. The minimum Gasteiger partial charge on any atom is -0.384 e. The fourth-order valence-corrected chi connectivity index (χ4v) is 3.06. The van der Waals surface area contributed by atoms with E-state index in [1.807, 2.05) is 4.68 Å². The molecule has 1 saturated heterocycles. The number of anilines is 1. The molecule has 0 radical (unpaired) electrons. The first-order chi connectivity index (χ1) is 9.16. The van der Waals surface area contributed by atoms with Gasteiger partial charge in [0.05, 0.1) is 24.9 Å². The van der Waals surface area contributed by atoms with Gasteiger partial charge in [-0.1, -0.05) is 0 Å². The molecule has 2 heterocycles. The van der Waals surface area contributed by atoms with Gasteiger partial charge >= 0.3 is 0 Å². The van der Waals surface area contributed by atoms with Gasteiger partial charge in [-0.05, 0) is 44.9 Å². The van der Waals surface area contributed by atoms with Gasteiger partial charge in [0.1, 0.15) is 5.82 Å². The number of hydrogen-bond acceptors (Lipinski definition) is 4. The van der Waals surface area contributed by atoms with E-state index in [1.54, 1.807) is 0 Å². The number of ether oxygens (including phenoxy) is 1. The molecule has 0 spiro atoms. The molecule has 0 bridgehead atoms. The average Bonchev–Trinajstić information content (AvgIpc) is 2.82. The normalized spacial score (nSPS) is 27.7. The van der Waals surface area contributed by atoms with Crippen molar-refractivity contribution < 1.29 is 4.74 Å². The standard InChI is InChI=1S/C14H24N4O/c1-9-12(6-5-10-7-19-8-13(10)15)14(16)18(17-9)11-3-2-4-11/h10-11,13H,2-8,15-16H2,1H3/t10-,13-/m1/s1. The van der Waals surface area contributed by atoms with Crippen LogP contribution in [0, 0.1) is 12.8 Å². The molecule has 5 heteroatoms. The summed E-state index contributed by atoms with van der Waals surface area (Å²) in [4.78, 5) is 0. The number of aromatic nitrogens is 2. The van der Waals surface area contributed by atoms with Crippen molar-refractivity contribution in [2.45, 2.75) is 51.1 Å². The predicted molar refractivity (Wildman–Crippen MR) is 74.9 cm³/mol. The Labute approximate surface area is 114 Å². The molecule has 2 atom stereocenters. The molecule has 2 fully saturated rings. The second-order valence-electron chi connectivity index (χ2n) is 5.98. The molecule has 106 valence electrons. The van der Waals surface area contributed by atoms with E-state index in [0.717, 1.165) is 31.0 Å². The number of aryl methyl sites for hydroxylation is 1. The third-order valence-corrected chi connectivity index (χ3v) is 4.68. The van der Waals surface area contributed by atoms with Gasteiger partial charge in [-0.3, -0.25) is 0 Å². The molecule has 1 aliphatic carbocycles. The highest BCUT2D eigenvalue weighted by molar-refractivity contribution is 5.43. The van der Waals surface area contributed by atoms with E-state index in [2.05, 4.69) is 12.0 Å². The zero-order chi connectivity index (χ0) is 13.4. The summed E-state index contributed by atoms with van der Waals surface area (Å²) < 4.78 is 7.45. The average molecular weight is 264 g/mol. The van der Waals surface area contributed by atoms with Crippen molar-refractivity contribution >= 4 is 5.82 Å². The van der Waals surface area contributed by atoms with Crippen molar-refractivity contribution in [2.75, 3.05) is 18.9 Å². The molecule has 2 aliphatic rings. The molecule has 1 saturated carbocycles. The van der Waals surface area contributed by atoms with Gasteiger partial charge in [-0.15, -0.1) is 0 Å². The largest absolute Gasteiger partial charge is 0.384 e. The molecule has 4 N–H and O–H groups in total. The maximum Gasteiger partial charge on any atom is 0.125 e. The van der Waals surface area contributed by atoms with E-state index in [1.165, 1.54) is 24.8 Å². The first kappa shape index (κ1) is 12.9. The Bertz CT molecular complexity index is 453. The quantitative estimate of drug-likeness (QED) is 0.861. The maximum atomic E-state index is 6.27. The van der Waals surface area contributed by atoms with Crippen molar-refractivity contribution in [1.29, 1.82) is 0 Å². The molecule has 19 heavy (non-hydrogen) atoms. The summed E-state index contributed by atoms with van der Waals surface area (Å²) in [5.41, 5.74) is 14.6. The van der Waals surface area contributed by atoms with Gasteiger partial charge in [0.15, 0.2) is 0 Å². The molecule has 1 aliphatic heterocycles. The Morgan fingerprint density at radius 3 is 2.74 bits per heavy atom. The number of nitrogen functional groups attached to an aromatic ring is 1. The van der Waals surface area contributed by atoms with Crippen LogP contribution in [0.2, 0.25) is 0 Å². The van der Waals surface area contributed by atoms with Crippen LogP contribution in [0.15, 0.2) is 0 Å². The fourth-order valence-electron chi connectivity index (χ4n) is 3.06. The Morgan fingerprint density at radius 1 is 1.37 bits per heavy atom. The van der Waals surface area contributed by atoms with Crippen LogP contribution >= 0.6 is 0 Å². The maximum absolute atomic E-state index is 6.27. The van der Waals surface area contributed by atoms with Crippen molar-refractivity contribution in [2.24, 2.45) is 11.7 Å². The number of nitrogens with zero attached hydrogens (tertiary/aromatic N) is 2. The summed E-state index contributed by atoms with van der Waals surface area (Å²) in [6.45, 7) is 3.54. The summed E-state index contributed by atoms with van der Waals surface area (Å²) in [7, 11) is 0. The lowest BCUT2D eigenvalue weighted by molar-refractivity contribution is 0.183. The van der Waals surface area contributed by atoms with Gasteiger partial charge in [-0.2, -0.15) is 5.10 Å². The molecular formula is C14H24N4O. The van der Waals surface area contributed by atoms with Crippen LogP contribution < -0.4 is 11.5 Å². The first-order valence-electron chi connectivity index (χ1n) is 7.33. The fraction of sp³-hybridized carbons (Fsp3) is 0.786. The highest BCUT2D eigenvalue weighted by Gasteiger charge is 2.27. The van der Waals surface area contributed by atoms with Crippen LogP contribution in [0.3, 0.4) is 0 Å². The minimum atomic E-state index is 0.184. The van der Waals surface area contributed by atoms with Crippen molar-refractivity contribution in [3.8, 4) is 0 Å². The molecule has 3 rings (SSSR count). The van der Waals surface area contributed by atoms with Crippen molar-refractivity contribution in [3.63, 3.8) is 0 Å². The lowest BCUT2D eigenvalue weighted by Gasteiger charge is -2.26. The molecule has 1 aromatic heterocycles. The molecule has 0 aromatic carbocycles. The summed E-state index contributed by atoms with van der Waals surface area (Å²) in [5.74, 6) is 1.33. The summed E-state index contributed by atoms with van der Waals surface area (Å²) >= 11 is 0. The first-order valence-corrected chi connectivity index (χ1v) is 7.33. The monoisotopic (exact) mass is 264 g/mol. The van der Waals surface area contributed by atoms with Crippen LogP contribution in [0.25, 0.3) is 0 Å². The highest BCUT2D eigenvalue weighted by Crippen LogP contribution is 2.35. The zero-order valence-electron chi connectivity index (χ0n) is 11.6. The smallest absolute Gasteiger partial charge is 0.125 e. The van der Waals surface area contributed by atoms with Crippen LogP contribution in [-0.4, -0.2) is 29.0 Å². The van der Waals surface area contributed by atoms with Crippen molar-refractivity contribution in [1.82, 2.24) is 9.78 Å². The van der Waals surface area contributed by atoms with Gasteiger partial charge in [0.2, 0.25) is 0 Å². The number of hydrogen-bond donors (Lipinski definition) is 2. The van der Waals surface area contributed by atoms with Gasteiger partial charge in [0.25, 0.3) is 0 Å². The van der Waals surface area contributed by atoms with Gasteiger partial charge in [-0.25, -0.2) is 4.68 Å². The molecule has 0 unspecified atom stereocenters. The lowest BCUT2D eigenvalue weighted by atomic mass is 9.93. The van der Waals surface area contributed by atoms with Gasteiger partial charge < -0.3 is 16.2 Å². The molecule has 1 aromatic rings. The van der Waals surface area contributed by atoms with Crippen molar-refractivity contribution in [3.05, 3.63) is 11.3 Å². The van der Waals surface area contributed by atoms with Crippen LogP contribution in [0.4, 0.5) is 5.82 Å². The van der Waals surface area contributed by atoms with E-state index >= 15 is 0 Å². The Hall–Kier alpha value is -1.07. The van der Waals surface area contributed by atoms with E-state index < -0.39 is 0 Å². The number of nitrogens with two attached hydrogens (primary N) is 2.